The van der Waals surface area contributed by atoms with Gasteiger partial charge in [-0.15, -0.1) is 0 Å². The van der Waals surface area contributed by atoms with Crippen LogP contribution in [0.5, 0.6) is 0 Å². The number of sulfonamides is 1. The molecular weight excluding hydrogens is 463 g/mol. The van der Waals surface area contributed by atoms with E-state index in [2.05, 4.69) is 10.0 Å². The van der Waals surface area contributed by atoms with Gasteiger partial charge in [0.1, 0.15) is 10.7 Å². The van der Waals surface area contributed by atoms with Crippen LogP contribution in [0.4, 0.5) is 10.1 Å². The standard InChI is InChI=1S/C21H22ClFN2O6S/c1-13-4-6-15(10-18(13)23)25-20(26)12-31-21(27)14-5-7-17(22)19(9-14)32(28,29)24-11-16-3-2-8-30-16/h4-7,9-10,16,24H,2-3,8,11-12H2,1H3,(H,25,26). The van der Waals surface area contributed by atoms with E-state index in [4.69, 9.17) is 21.1 Å². The van der Waals surface area contributed by atoms with E-state index in [-0.39, 0.29) is 33.8 Å². The monoisotopic (exact) mass is 484 g/mol. The van der Waals surface area contributed by atoms with Crippen LogP contribution in [0.1, 0.15) is 28.8 Å². The molecule has 1 fully saturated rings. The highest BCUT2D eigenvalue weighted by molar-refractivity contribution is 7.89. The van der Waals surface area contributed by atoms with E-state index >= 15 is 0 Å². The first kappa shape index (κ1) is 24.1. The number of hydrogen-bond donors (Lipinski definition) is 2. The minimum absolute atomic E-state index is 0.0690. The Morgan fingerprint density at radius 3 is 2.72 bits per heavy atom. The highest BCUT2D eigenvalue weighted by atomic mass is 35.5. The Labute approximate surface area is 190 Å². The zero-order valence-electron chi connectivity index (χ0n) is 17.2. The first-order valence-electron chi connectivity index (χ1n) is 9.79. The molecule has 8 nitrogen and oxygen atoms in total. The number of anilines is 1. The van der Waals surface area contributed by atoms with Crippen LogP contribution in [0.2, 0.25) is 5.02 Å². The van der Waals surface area contributed by atoms with Crippen LogP contribution in [0.25, 0.3) is 0 Å². The van der Waals surface area contributed by atoms with Gasteiger partial charge < -0.3 is 14.8 Å². The van der Waals surface area contributed by atoms with Gasteiger partial charge in [0.2, 0.25) is 10.0 Å². The largest absolute Gasteiger partial charge is 0.452 e. The van der Waals surface area contributed by atoms with Crippen molar-refractivity contribution in [3.8, 4) is 0 Å². The van der Waals surface area contributed by atoms with Crippen molar-refractivity contribution in [3.05, 3.63) is 58.4 Å². The number of hydrogen-bond acceptors (Lipinski definition) is 6. The SMILES string of the molecule is Cc1ccc(NC(=O)COC(=O)c2ccc(Cl)c(S(=O)(=O)NCC3CCCO3)c2)cc1F. The Morgan fingerprint density at radius 2 is 2.03 bits per heavy atom. The molecule has 0 aliphatic carbocycles. The summed E-state index contributed by atoms with van der Waals surface area (Å²) in [5, 5.41) is 2.34. The molecule has 172 valence electrons. The van der Waals surface area contributed by atoms with Crippen molar-refractivity contribution in [2.24, 2.45) is 0 Å². The second kappa shape index (κ2) is 10.4. The maximum atomic E-state index is 13.6. The fraction of sp³-hybridized carbons (Fsp3) is 0.333. The molecule has 0 aromatic heterocycles. The predicted octanol–water partition coefficient (Wildman–Crippen LogP) is 3.04. The molecule has 1 heterocycles. The second-order valence-electron chi connectivity index (χ2n) is 7.22. The van der Waals surface area contributed by atoms with E-state index in [1.54, 1.807) is 6.92 Å². The molecule has 1 amide bonds. The lowest BCUT2D eigenvalue weighted by molar-refractivity contribution is -0.119. The van der Waals surface area contributed by atoms with Gasteiger partial charge in [0.15, 0.2) is 6.61 Å². The lowest BCUT2D eigenvalue weighted by atomic mass is 10.2. The summed E-state index contributed by atoms with van der Waals surface area (Å²) in [5.74, 6) is -2.08. The van der Waals surface area contributed by atoms with Gasteiger partial charge in [-0.2, -0.15) is 0 Å². The fourth-order valence-corrected chi connectivity index (χ4v) is 4.59. The number of halogens is 2. The average Bonchev–Trinajstić information content (AvgIpc) is 3.27. The van der Waals surface area contributed by atoms with E-state index in [0.717, 1.165) is 25.0 Å². The number of carbonyl (C=O) groups is 2. The maximum absolute atomic E-state index is 13.6. The second-order valence-corrected chi connectivity index (χ2v) is 9.36. The Morgan fingerprint density at radius 1 is 1.25 bits per heavy atom. The molecular formula is C21H22ClFN2O6S. The molecule has 3 rings (SSSR count). The lowest BCUT2D eigenvalue weighted by Gasteiger charge is -2.13. The van der Waals surface area contributed by atoms with Crippen molar-refractivity contribution in [1.82, 2.24) is 4.72 Å². The van der Waals surface area contributed by atoms with Crippen LogP contribution in [0.3, 0.4) is 0 Å². The molecule has 2 aromatic rings. The number of carbonyl (C=O) groups excluding carboxylic acids is 2. The summed E-state index contributed by atoms with van der Waals surface area (Å²) >= 11 is 6.03. The van der Waals surface area contributed by atoms with Gasteiger partial charge in [0.25, 0.3) is 5.91 Å². The van der Waals surface area contributed by atoms with E-state index in [1.165, 1.54) is 24.3 Å². The fourth-order valence-electron chi connectivity index (χ4n) is 3.00. The van der Waals surface area contributed by atoms with Gasteiger partial charge in [-0.1, -0.05) is 17.7 Å². The summed E-state index contributed by atoms with van der Waals surface area (Å²) in [4.78, 5) is 24.0. The highest BCUT2D eigenvalue weighted by Crippen LogP contribution is 2.23. The van der Waals surface area contributed by atoms with Crippen LogP contribution in [-0.2, 0) is 24.3 Å². The molecule has 1 atom stereocenters. The molecule has 2 N–H and O–H groups in total. The first-order valence-corrected chi connectivity index (χ1v) is 11.7. The van der Waals surface area contributed by atoms with Gasteiger partial charge in [-0.05, 0) is 55.7 Å². The number of amides is 1. The van der Waals surface area contributed by atoms with Gasteiger partial charge >= 0.3 is 5.97 Å². The van der Waals surface area contributed by atoms with Crippen LogP contribution in [0.15, 0.2) is 41.3 Å². The maximum Gasteiger partial charge on any atom is 0.338 e. The number of rotatable bonds is 8. The molecule has 1 unspecified atom stereocenters. The quantitative estimate of drug-likeness (QED) is 0.557. The van der Waals surface area contributed by atoms with Crippen molar-refractivity contribution in [3.63, 3.8) is 0 Å². The predicted molar refractivity (Wildman–Crippen MR) is 116 cm³/mol. The van der Waals surface area contributed by atoms with Crippen LogP contribution in [0, 0.1) is 12.7 Å². The van der Waals surface area contributed by atoms with Crippen molar-refractivity contribution < 1.29 is 31.9 Å². The summed E-state index contributed by atoms with van der Waals surface area (Å²) in [6.07, 6.45) is 1.40. The zero-order valence-corrected chi connectivity index (χ0v) is 18.8. The molecule has 2 aromatic carbocycles. The van der Waals surface area contributed by atoms with Gasteiger partial charge in [-0.3, -0.25) is 4.79 Å². The molecule has 0 saturated carbocycles. The Bertz CT molecular complexity index is 1120. The summed E-state index contributed by atoms with van der Waals surface area (Å²) < 4.78 is 51.5. The van der Waals surface area contributed by atoms with Gasteiger partial charge in [0.05, 0.1) is 16.7 Å². The Balaban J connectivity index is 1.61. The summed E-state index contributed by atoms with van der Waals surface area (Å²) in [7, 11) is -4.00. The van der Waals surface area contributed by atoms with Crippen LogP contribution >= 0.6 is 11.6 Å². The minimum atomic E-state index is -4.00. The third-order valence-corrected chi connectivity index (χ3v) is 6.68. The number of nitrogens with one attached hydrogen (secondary N) is 2. The Hall–Kier alpha value is -2.53. The van der Waals surface area contributed by atoms with Gasteiger partial charge in [-0.25, -0.2) is 22.3 Å². The van der Waals surface area contributed by atoms with E-state index in [0.29, 0.717) is 12.2 Å². The smallest absolute Gasteiger partial charge is 0.338 e. The summed E-state index contributed by atoms with van der Waals surface area (Å²) in [6, 6.07) is 7.79. The summed E-state index contributed by atoms with van der Waals surface area (Å²) in [5.41, 5.74) is 0.542. The van der Waals surface area contributed by atoms with Crippen molar-refractivity contribution in [2.45, 2.75) is 30.8 Å². The van der Waals surface area contributed by atoms with E-state index < -0.39 is 34.3 Å². The number of aryl methyl sites for hydroxylation is 1. The first-order chi connectivity index (χ1) is 15.2. The normalized spacial score (nSPS) is 16.0. The van der Waals surface area contributed by atoms with Crippen molar-refractivity contribution in [1.29, 1.82) is 0 Å². The minimum Gasteiger partial charge on any atom is -0.452 e. The molecule has 1 saturated heterocycles. The molecule has 1 aliphatic heterocycles. The van der Waals surface area contributed by atoms with E-state index in [9.17, 15) is 22.4 Å². The van der Waals surface area contributed by atoms with E-state index in [1.807, 2.05) is 0 Å². The van der Waals surface area contributed by atoms with Crippen molar-refractivity contribution in [2.75, 3.05) is 25.1 Å². The van der Waals surface area contributed by atoms with Crippen LogP contribution < -0.4 is 10.0 Å². The third kappa shape index (κ3) is 6.26. The Kier molecular flexibility index (Phi) is 7.83. The molecule has 0 bridgehead atoms. The third-order valence-electron chi connectivity index (χ3n) is 4.77. The molecule has 11 heteroatoms. The molecule has 1 aliphatic rings. The van der Waals surface area contributed by atoms with Gasteiger partial charge in [0, 0.05) is 18.8 Å². The lowest BCUT2D eigenvalue weighted by Crippen LogP contribution is -2.32. The number of esters is 1. The molecule has 32 heavy (non-hydrogen) atoms. The number of benzene rings is 2. The molecule has 0 spiro atoms. The van der Waals surface area contributed by atoms with Crippen molar-refractivity contribution >= 4 is 39.2 Å². The average molecular weight is 485 g/mol. The number of ether oxygens (including phenoxy) is 2. The molecule has 0 radical (unpaired) electrons. The highest BCUT2D eigenvalue weighted by Gasteiger charge is 2.24. The zero-order chi connectivity index (χ0) is 23.3. The van der Waals surface area contributed by atoms with Crippen LogP contribution in [-0.4, -0.2) is 46.2 Å². The summed E-state index contributed by atoms with van der Waals surface area (Å²) in [6.45, 7) is 1.62. The topological polar surface area (TPSA) is 111 Å².